The Bertz CT molecular complexity index is 516. The molecular weight excluding hydrogens is 256 g/mol. The lowest BCUT2D eigenvalue weighted by molar-refractivity contribution is -0.136. The average molecular weight is 274 g/mol. The number of hydrogen-bond acceptors (Lipinski definition) is 3. The second kappa shape index (κ2) is 6.32. The minimum absolute atomic E-state index is 0.0400. The number of anilines is 1. The Morgan fingerprint density at radius 2 is 1.60 bits per heavy atom. The molecule has 0 atom stereocenters. The summed E-state index contributed by atoms with van der Waals surface area (Å²) in [5.41, 5.74) is 1.07. The highest BCUT2D eigenvalue weighted by Gasteiger charge is 2.21. The van der Waals surface area contributed by atoms with Crippen LogP contribution in [0.1, 0.15) is 43.0 Å². The molecule has 1 aromatic carbocycles. The molecule has 20 heavy (non-hydrogen) atoms. The molecule has 2 rings (SSSR count). The van der Waals surface area contributed by atoms with Gasteiger partial charge in [0.05, 0.1) is 0 Å². The summed E-state index contributed by atoms with van der Waals surface area (Å²) in [5, 5.41) is 5.24. The van der Waals surface area contributed by atoms with Crippen molar-refractivity contribution in [3.05, 3.63) is 29.8 Å². The van der Waals surface area contributed by atoms with Crippen LogP contribution >= 0.6 is 0 Å². The predicted octanol–water partition coefficient (Wildman–Crippen LogP) is 1.89. The first kappa shape index (κ1) is 14.2. The zero-order valence-electron chi connectivity index (χ0n) is 11.4. The molecule has 1 saturated carbocycles. The molecule has 5 nitrogen and oxygen atoms in total. The van der Waals surface area contributed by atoms with E-state index in [1.54, 1.807) is 24.3 Å². The van der Waals surface area contributed by atoms with Crippen LogP contribution in [0.4, 0.5) is 5.69 Å². The highest BCUT2D eigenvalue weighted by atomic mass is 16.2. The molecule has 2 N–H and O–H groups in total. The summed E-state index contributed by atoms with van der Waals surface area (Å²) in [7, 11) is 0. The van der Waals surface area contributed by atoms with Crippen LogP contribution in [0.25, 0.3) is 0 Å². The van der Waals surface area contributed by atoms with Gasteiger partial charge in [-0.25, -0.2) is 0 Å². The highest BCUT2D eigenvalue weighted by molar-refractivity contribution is 6.39. The van der Waals surface area contributed by atoms with E-state index in [0.29, 0.717) is 11.3 Å². The summed E-state index contributed by atoms with van der Waals surface area (Å²) in [5.74, 6) is -1.32. The van der Waals surface area contributed by atoms with E-state index < -0.39 is 11.8 Å². The molecule has 1 fully saturated rings. The number of rotatable bonds is 3. The van der Waals surface area contributed by atoms with Gasteiger partial charge in [0.2, 0.25) is 0 Å². The molecule has 0 spiro atoms. The van der Waals surface area contributed by atoms with Gasteiger partial charge in [0.25, 0.3) is 0 Å². The van der Waals surface area contributed by atoms with Crippen molar-refractivity contribution in [2.45, 2.75) is 38.6 Å². The van der Waals surface area contributed by atoms with Crippen LogP contribution in [-0.4, -0.2) is 23.6 Å². The maximum absolute atomic E-state index is 11.7. The van der Waals surface area contributed by atoms with Crippen LogP contribution in [0.15, 0.2) is 24.3 Å². The highest BCUT2D eigenvalue weighted by Crippen LogP contribution is 2.17. The molecule has 0 unspecified atom stereocenters. The van der Waals surface area contributed by atoms with E-state index in [4.69, 9.17) is 0 Å². The fraction of sp³-hybridized carbons (Fsp3) is 0.400. The number of benzene rings is 1. The number of ketones is 1. The molecule has 0 saturated heterocycles. The zero-order chi connectivity index (χ0) is 14.5. The number of amides is 2. The van der Waals surface area contributed by atoms with Gasteiger partial charge in [-0.1, -0.05) is 12.8 Å². The number of Topliss-reactive ketones (excluding diaryl/α,β-unsaturated/α-hetero) is 1. The molecule has 0 radical (unpaired) electrons. The fourth-order valence-electron chi connectivity index (χ4n) is 2.30. The van der Waals surface area contributed by atoms with Gasteiger partial charge in [0, 0.05) is 17.3 Å². The molecule has 1 aliphatic carbocycles. The van der Waals surface area contributed by atoms with Crippen LogP contribution in [0.3, 0.4) is 0 Å². The first-order chi connectivity index (χ1) is 9.56. The molecule has 1 aromatic rings. The first-order valence-corrected chi connectivity index (χ1v) is 6.79. The standard InChI is InChI=1S/C15H18N2O3/c1-10(18)11-6-8-13(9-7-11)17-15(20)14(19)16-12-4-2-3-5-12/h6-9,12H,2-5H2,1H3,(H,16,19)(H,17,20). The smallest absolute Gasteiger partial charge is 0.313 e. The van der Waals surface area contributed by atoms with Gasteiger partial charge in [-0.15, -0.1) is 0 Å². The van der Waals surface area contributed by atoms with Crippen LogP contribution in [0.5, 0.6) is 0 Å². The Balaban J connectivity index is 1.89. The molecular formula is C15H18N2O3. The Hall–Kier alpha value is -2.17. The SMILES string of the molecule is CC(=O)c1ccc(NC(=O)C(=O)NC2CCCC2)cc1. The quantitative estimate of drug-likeness (QED) is 0.653. The molecule has 0 bridgehead atoms. The van der Waals surface area contributed by atoms with E-state index in [1.165, 1.54) is 6.92 Å². The van der Waals surface area contributed by atoms with Gasteiger partial charge >= 0.3 is 11.8 Å². The van der Waals surface area contributed by atoms with Crippen LogP contribution in [-0.2, 0) is 9.59 Å². The van der Waals surface area contributed by atoms with Gasteiger partial charge in [0.1, 0.15) is 0 Å². The van der Waals surface area contributed by atoms with Crippen LogP contribution in [0.2, 0.25) is 0 Å². The van der Waals surface area contributed by atoms with E-state index in [0.717, 1.165) is 25.7 Å². The number of carbonyl (C=O) groups excluding carboxylic acids is 3. The maximum atomic E-state index is 11.7. The minimum atomic E-state index is -0.674. The van der Waals surface area contributed by atoms with E-state index in [2.05, 4.69) is 10.6 Å². The molecule has 0 aromatic heterocycles. The molecule has 0 heterocycles. The van der Waals surface area contributed by atoms with Crippen molar-refractivity contribution in [2.75, 3.05) is 5.32 Å². The molecule has 2 amide bonds. The van der Waals surface area contributed by atoms with Crippen LogP contribution < -0.4 is 10.6 Å². The third-order valence-corrected chi connectivity index (χ3v) is 3.45. The monoisotopic (exact) mass is 274 g/mol. The van der Waals surface area contributed by atoms with Crippen molar-refractivity contribution < 1.29 is 14.4 Å². The molecule has 1 aliphatic rings. The molecule has 5 heteroatoms. The van der Waals surface area contributed by atoms with Gasteiger partial charge in [-0.2, -0.15) is 0 Å². The second-order valence-corrected chi connectivity index (χ2v) is 5.04. The lowest BCUT2D eigenvalue weighted by Crippen LogP contribution is -2.40. The molecule has 106 valence electrons. The number of nitrogens with one attached hydrogen (secondary N) is 2. The van der Waals surface area contributed by atoms with Gasteiger partial charge in [-0.05, 0) is 44.0 Å². The zero-order valence-corrected chi connectivity index (χ0v) is 11.4. The summed E-state index contributed by atoms with van der Waals surface area (Å²) in [4.78, 5) is 34.6. The van der Waals surface area contributed by atoms with Crippen molar-refractivity contribution in [3.8, 4) is 0 Å². The van der Waals surface area contributed by atoms with E-state index in [1.807, 2.05) is 0 Å². The Morgan fingerprint density at radius 1 is 1.00 bits per heavy atom. The normalized spacial score (nSPS) is 14.8. The van der Waals surface area contributed by atoms with Crippen molar-refractivity contribution in [1.82, 2.24) is 5.32 Å². The lowest BCUT2D eigenvalue weighted by Gasteiger charge is -2.11. The number of carbonyl (C=O) groups is 3. The summed E-state index contributed by atoms with van der Waals surface area (Å²) in [6.07, 6.45) is 4.07. The lowest BCUT2D eigenvalue weighted by atomic mass is 10.1. The van der Waals surface area contributed by atoms with E-state index in [9.17, 15) is 14.4 Å². The largest absolute Gasteiger partial charge is 0.345 e. The fourth-order valence-corrected chi connectivity index (χ4v) is 2.30. The third-order valence-electron chi connectivity index (χ3n) is 3.45. The Labute approximate surface area is 117 Å². The first-order valence-electron chi connectivity index (χ1n) is 6.79. The Kier molecular flexibility index (Phi) is 4.50. The topological polar surface area (TPSA) is 75.3 Å². The van der Waals surface area contributed by atoms with Crippen LogP contribution in [0, 0.1) is 0 Å². The molecule has 0 aliphatic heterocycles. The summed E-state index contributed by atoms with van der Waals surface area (Å²) >= 11 is 0. The second-order valence-electron chi connectivity index (χ2n) is 5.04. The Morgan fingerprint density at radius 3 is 2.15 bits per heavy atom. The van der Waals surface area contributed by atoms with Crippen molar-refractivity contribution >= 4 is 23.3 Å². The van der Waals surface area contributed by atoms with Gasteiger partial charge < -0.3 is 10.6 Å². The minimum Gasteiger partial charge on any atom is -0.345 e. The number of hydrogen-bond donors (Lipinski definition) is 2. The van der Waals surface area contributed by atoms with E-state index >= 15 is 0 Å². The third kappa shape index (κ3) is 3.66. The average Bonchev–Trinajstić information content (AvgIpc) is 2.92. The predicted molar refractivity (Wildman–Crippen MR) is 75.5 cm³/mol. The van der Waals surface area contributed by atoms with Crippen molar-refractivity contribution in [1.29, 1.82) is 0 Å². The summed E-state index contributed by atoms with van der Waals surface area (Å²) < 4.78 is 0. The van der Waals surface area contributed by atoms with E-state index in [-0.39, 0.29) is 11.8 Å². The summed E-state index contributed by atoms with van der Waals surface area (Å²) in [6.45, 7) is 1.47. The van der Waals surface area contributed by atoms with Crippen molar-refractivity contribution in [3.63, 3.8) is 0 Å². The van der Waals surface area contributed by atoms with Crippen molar-refractivity contribution in [2.24, 2.45) is 0 Å². The summed E-state index contributed by atoms with van der Waals surface area (Å²) in [6, 6.07) is 6.57. The van der Waals surface area contributed by atoms with Gasteiger partial charge in [0.15, 0.2) is 5.78 Å². The van der Waals surface area contributed by atoms with Gasteiger partial charge in [-0.3, -0.25) is 14.4 Å². The maximum Gasteiger partial charge on any atom is 0.313 e.